The minimum Gasteiger partial charge on any atom is -0.494 e. The average molecular weight is 295 g/mol. The lowest BCUT2D eigenvalue weighted by Crippen LogP contribution is -2.38. The van der Waals surface area contributed by atoms with E-state index in [1.165, 1.54) is 18.4 Å². The van der Waals surface area contributed by atoms with Gasteiger partial charge in [0.2, 0.25) is 0 Å². The molecule has 0 radical (unpaired) electrons. The van der Waals surface area contributed by atoms with Gasteiger partial charge in [0.1, 0.15) is 5.75 Å². The maximum absolute atomic E-state index is 6.67. The van der Waals surface area contributed by atoms with E-state index in [1.54, 1.807) is 0 Å². The number of alkyl halides is 1. The third kappa shape index (κ3) is 3.31. The Morgan fingerprint density at radius 2 is 1.85 bits per heavy atom. The number of rotatable bonds is 4. The van der Waals surface area contributed by atoms with Gasteiger partial charge >= 0.3 is 0 Å². The lowest BCUT2D eigenvalue weighted by atomic mass is 9.66. The molecule has 1 aliphatic carbocycles. The van der Waals surface area contributed by atoms with E-state index in [2.05, 4.69) is 45.0 Å². The molecule has 0 aliphatic heterocycles. The van der Waals surface area contributed by atoms with Crippen LogP contribution in [0, 0.1) is 11.8 Å². The summed E-state index contributed by atoms with van der Waals surface area (Å²) in [5.41, 5.74) is 1.49. The summed E-state index contributed by atoms with van der Waals surface area (Å²) in [5, 5.41) is 0.292. The molecule has 3 atom stereocenters. The smallest absolute Gasteiger partial charge is 0.119 e. The molecule has 20 heavy (non-hydrogen) atoms. The highest BCUT2D eigenvalue weighted by atomic mass is 35.5. The third-order valence-electron chi connectivity index (χ3n) is 4.87. The molecule has 1 aromatic carbocycles. The minimum absolute atomic E-state index is 0.122. The van der Waals surface area contributed by atoms with Gasteiger partial charge in [-0.2, -0.15) is 0 Å². The van der Waals surface area contributed by atoms with Crippen LogP contribution in [0.5, 0.6) is 5.75 Å². The van der Waals surface area contributed by atoms with Gasteiger partial charge < -0.3 is 4.74 Å². The van der Waals surface area contributed by atoms with E-state index in [0.29, 0.717) is 17.9 Å². The second-order valence-corrected chi connectivity index (χ2v) is 7.28. The summed E-state index contributed by atoms with van der Waals surface area (Å²) >= 11 is 6.67. The van der Waals surface area contributed by atoms with Crippen molar-refractivity contribution in [3.05, 3.63) is 29.8 Å². The van der Waals surface area contributed by atoms with Gasteiger partial charge in [0, 0.05) is 5.38 Å². The van der Waals surface area contributed by atoms with Gasteiger partial charge in [0.25, 0.3) is 0 Å². The molecule has 0 aromatic heterocycles. The Labute approximate surface area is 128 Å². The molecule has 0 spiro atoms. The molecular formula is C18H27ClO. The van der Waals surface area contributed by atoms with Gasteiger partial charge in [-0.3, -0.25) is 0 Å². The van der Waals surface area contributed by atoms with E-state index in [-0.39, 0.29) is 5.41 Å². The first kappa shape index (κ1) is 15.7. The third-order valence-corrected chi connectivity index (χ3v) is 5.35. The Hall–Kier alpha value is -0.690. The van der Waals surface area contributed by atoms with Crippen LogP contribution in [0.3, 0.4) is 0 Å². The highest BCUT2D eigenvalue weighted by molar-refractivity contribution is 6.20. The fourth-order valence-corrected chi connectivity index (χ4v) is 4.23. The lowest BCUT2D eigenvalue weighted by Gasteiger charge is -2.42. The van der Waals surface area contributed by atoms with Crippen molar-refractivity contribution in [3.8, 4) is 5.75 Å². The van der Waals surface area contributed by atoms with Crippen LogP contribution in [0.4, 0.5) is 0 Å². The Kier molecular flexibility index (Phi) is 5.01. The summed E-state index contributed by atoms with van der Waals surface area (Å²) < 4.78 is 5.53. The molecule has 3 unspecified atom stereocenters. The molecule has 0 amide bonds. The Balaban J connectivity index is 2.16. The summed E-state index contributed by atoms with van der Waals surface area (Å²) in [4.78, 5) is 0. The molecule has 2 rings (SSSR count). The van der Waals surface area contributed by atoms with E-state index in [9.17, 15) is 0 Å². The van der Waals surface area contributed by atoms with Crippen molar-refractivity contribution in [2.75, 3.05) is 6.61 Å². The van der Waals surface area contributed by atoms with Crippen molar-refractivity contribution >= 4 is 11.6 Å². The van der Waals surface area contributed by atoms with Gasteiger partial charge in [-0.15, -0.1) is 11.6 Å². The predicted molar refractivity (Wildman–Crippen MR) is 86.8 cm³/mol. The highest BCUT2D eigenvalue weighted by Crippen LogP contribution is 2.44. The van der Waals surface area contributed by atoms with Crippen molar-refractivity contribution in [2.45, 2.75) is 57.7 Å². The monoisotopic (exact) mass is 294 g/mol. The van der Waals surface area contributed by atoms with Crippen LogP contribution in [-0.2, 0) is 5.41 Å². The number of hydrogen-bond donors (Lipinski definition) is 0. The van der Waals surface area contributed by atoms with Crippen molar-refractivity contribution in [2.24, 2.45) is 11.8 Å². The van der Waals surface area contributed by atoms with E-state index in [1.807, 2.05) is 6.92 Å². The Morgan fingerprint density at radius 3 is 2.40 bits per heavy atom. The quantitative estimate of drug-likeness (QED) is 0.675. The molecule has 0 heterocycles. The van der Waals surface area contributed by atoms with Crippen LogP contribution in [0.2, 0.25) is 0 Å². The summed E-state index contributed by atoms with van der Waals surface area (Å²) in [6, 6.07) is 8.56. The fourth-order valence-electron chi connectivity index (χ4n) is 3.49. The second-order valence-electron chi connectivity index (χ2n) is 6.72. The van der Waals surface area contributed by atoms with Crippen LogP contribution in [0.1, 0.15) is 52.5 Å². The normalized spacial score (nSPS) is 27.4. The van der Waals surface area contributed by atoms with Gasteiger partial charge in [0.15, 0.2) is 0 Å². The first-order valence-electron chi connectivity index (χ1n) is 7.82. The SMILES string of the molecule is CCOc1ccc(C(C)(C)C2CCC(C)CC2Cl)cc1. The molecule has 0 bridgehead atoms. The average Bonchev–Trinajstić information content (AvgIpc) is 2.39. The summed E-state index contributed by atoms with van der Waals surface area (Å²) in [5.74, 6) is 2.27. The highest BCUT2D eigenvalue weighted by Gasteiger charge is 2.39. The summed E-state index contributed by atoms with van der Waals surface area (Å²) in [6.07, 6.45) is 3.68. The van der Waals surface area contributed by atoms with Gasteiger partial charge in [-0.25, -0.2) is 0 Å². The zero-order valence-electron chi connectivity index (χ0n) is 13.2. The number of hydrogen-bond acceptors (Lipinski definition) is 1. The minimum atomic E-state index is 0.122. The maximum Gasteiger partial charge on any atom is 0.119 e. The van der Waals surface area contributed by atoms with E-state index >= 15 is 0 Å². The number of ether oxygens (including phenoxy) is 1. The second kappa shape index (κ2) is 6.39. The molecule has 112 valence electrons. The van der Waals surface area contributed by atoms with Crippen LogP contribution in [0.25, 0.3) is 0 Å². The number of benzene rings is 1. The Bertz CT molecular complexity index is 424. The first-order chi connectivity index (χ1) is 9.45. The molecular weight excluding hydrogens is 268 g/mol. The van der Waals surface area contributed by atoms with E-state index < -0.39 is 0 Å². The van der Waals surface area contributed by atoms with Crippen molar-refractivity contribution < 1.29 is 4.74 Å². The zero-order valence-corrected chi connectivity index (χ0v) is 13.9. The molecule has 1 fully saturated rings. The molecule has 1 nitrogen and oxygen atoms in total. The van der Waals surface area contributed by atoms with Crippen LogP contribution >= 0.6 is 11.6 Å². The van der Waals surface area contributed by atoms with Crippen LogP contribution in [0.15, 0.2) is 24.3 Å². The fraction of sp³-hybridized carbons (Fsp3) is 0.667. The lowest BCUT2D eigenvalue weighted by molar-refractivity contribution is 0.207. The first-order valence-corrected chi connectivity index (χ1v) is 8.26. The summed E-state index contributed by atoms with van der Waals surface area (Å²) in [6.45, 7) is 9.71. The van der Waals surface area contributed by atoms with E-state index in [0.717, 1.165) is 18.1 Å². The van der Waals surface area contributed by atoms with E-state index in [4.69, 9.17) is 16.3 Å². The molecule has 1 aliphatic rings. The Morgan fingerprint density at radius 1 is 1.20 bits per heavy atom. The molecule has 1 aromatic rings. The van der Waals surface area contributed by atoms with Gasteiger partial charge in [-0.05, 0) is 54.7 Å². The number of halogens is 1. The molecule has 0 N–H and O–H groups in total. The molecule has 0 saturated heterocycles. The standard InChI is InChI=1S/C18H27ClO/c1-5-20-15-9-7-14(8-10-15)18(3,4)16-11-6-13(2)12-17(16)19/h7-10,13,16-17H,5-6,11-12H2,1-4H3. The van der Waals surface area contributed by atoms with Crippen molar-refractivity contribution in [1.82, 2.24) is 0 Å². The summed E-state index contributed by atoms with van der Waals surface area (Å²) in [7, 11) is 0. The van der Waals surface area contributed by atoms with Crippen LogP contribution < -0.4 is 4.74 Å². The zero-order chi connectivity index (χ0) is 14.8. The van der Waals surface area contributed by atoms with Crippen molar-refractivity contribution in [1.29, 1.82) is 0 Å². The topological polar surface area (TPSA) is 9.23 Å². The predicted octanol–water partition coefficient (Wildman–Crippen LogP) is 5.41. The van der Waals surface area contributed by atoms with Crippen molar-refractivity contribution in [3.63, 3.8) is 0 Å². The van der Waals surface area contributed by atoms with Gasteiger partial charge in [0.05, 0.1) is 6.61 Å². The van der Waals surface area contributed by atoms with Crippen LogP contribution in [-0.4, -0.2) is 12.0 Å². The molecule has 1 saturated carbocycles. The maximum atomic E-state index is 6.67. The molecule has 2 heteroatoms. The van der Waals surface area contributed by atoms with Gasteiger partial charge in [-0.1, -0.05) is 39.3 Å². The largest absolute Gasteiger partial charge is 0.494 e.